The maximum atomic E-state index is 13.2. The normalized spacial score (nSPS) is 12.2. The maximum Gasteiger partial charge on any atom is 0.230 e. The van der Waals surface area contributed by atoms with Gasteiger partial charge in [0.1, 0.15) is 5.82 Å². The summed E-state index contributed by atoms with van der Waals surface area (Å²) in [6.45, 7) is -0.168. The lowest BCUT2D eigenvalue weighted by molar-refractivity contribution is -0.118. The molecule has 1 amide bonds. The zero-order chi connectivity index (χ0) is 13.4. The van der Waals surface area contributed by atoms with Gasteiger partial charge in [-0.25, -0.2) is 4.39 Å². The maximum absolute atomic E-state index is 13.2. The molecule has 0 radical (unpaired) electrons. The summed E-state index contributed by atoms with van der Waals surface area (Å²) in [5.74, 6) is -0.107. The average molecular weight is 273 g/mol. The third-order valence-electron chi connectivity index (χ3n) is 2.19. The standard InChI is InChI=1S/C12H16FNO3S/c13-11-4-2-1-3-9(11)5-14-12(17)8-18-7-10(16)6-15/h1-4,10,15-16H,5-8H2,(H,14,17). The first-order valence-corrected chi connectivity index (χ1v) is 6.65. The van der Waals surface area contributed by atoms with E-state index in [1.54, 1.807) is 18.2 Å². The molecule has 4 nitrogen and oxygen atoms in total. The van der Waals surface area contributed by atoms with Crippen molar-refractivity contribution in [3.63, 3.8) is 0 Å². The van der Waals surface area contributed by atoms with Crippen molar-refractivity contribution in [1.82, 2.24) is 5.32 Å². The summed E-state index contributed by atoms with van der Waals surface area (Å²) in [4.78, 5) is 11.4. The number of carbonyl (C=O) groups excluding carboxylic acids is 1. The van der Waals surface area contributed by atoms with E-state index in [2.05, 4.69) is 5.32 Å². The van der Waals surface area contributed by atoms with Gasteiger partial charge in [-0.2, -0.15) is 0 Å². The minimum absolute atomic E-state index is 0.147. The van der Waals surface area contributed by atoms with Crippen molar-refractivity contribution in [2.24, 2.45) is 0 Å². The molecule has 6 heteroatoms. The average Bonchev–Trinajstić information content (AvgIpc) is 2.37. The van der Waals surface area contributed by atoms with Gasteiger partial charge in [0.05, 0.1) is 18.5 Å². The van der Waals surface area contributed by atoms with E-state index >= 15 is 0 Å². The SMILES string of the molecule is O=C(CSCC(O)CO)NCc1ccccc1F. The van der Waals surface area contributed by atoms with Crippen molar-refractivity contribution in [2.45, 2.75) is 12.6 Å². The van der Waals surface area contributed by atoms with Gasteiger partial charge in [0.25, 0.3) is 0 Å². The molecule has 0 aliphatic heterocycles. The van der Waals surface area contributed by atoms with E-state index in [4.69, 9.17) is 10.2 Å². The fraction of sp³-hybridized carbons (Fsp3) is 0.417. The molecular formula is C12H16FNO3S. The Bertz CT molecular complexity index is 389. The summed E-state index contributed by atoms with van der Waals surface area (Å²) >= 11 is 1.22. The number of amides is 1. The van der Waals surface area contributed by atoms with Gasteiger partial charge in [0.15, 0.2) is 0 Å². The highest BCUT2D eigenvalue weighted by Crippen LogP contribution is 2.06. The molecule has 1 unspecified atom stereocenters. The molecular weight excluding hydrogens is 257 g/mol. The van der Waals surface area contributed by atoms with Gasteiger partial charge < -0.3 is 15.5 Å². The molecule has 1 rings (SSSR count). The van der Waals surface area contributed by atoms with Crippen molar-refractivity contribution < 1.29 is 19.4 Å². The molecule has 3 N–H and O–H groups in total. The van der Waals surface area contributed by atoms with Crippen LogP contribution in [0.5, 0.6) is 0 Å². The Morgan fingerprint density at radius 1 is 1.44 bits per heavy atom. The summed E-state index contributed by atoms with van der Waals surface area (Å²) in [5, 5.41) is 20.2. The van der Waals surface area contributed by atoms with Gasteiger partial charge in [0.2, 0.25) is 5.91 Å². The molecule has 0 aliphatic carbocycles. The second-order valence-electron chi connectivity index (χ2n) is 3.72. The van der Waals surface area contributed by atoms with E-state index in [1.807, 2.05) is 0 Å². The Balaban J connectivity index is 2.23. The van der Waals surface area contributed by atoms with E-state index in [9.17, 15) is 9.18 Å². The van der Waals surface area contributed by atoms with Crippen LogP contribution in [-0.4, -0.2) is 40.3 Å². The highest BCUT2D eigenvalue weighted by molar-refractivity contribution is 7.99. The minimum atomic E-state index is -0.811. The van der Waals surface area contributed by atoms with Crippen LogP contribution in [0.2, 0.25) is 0 Å². The van der Waals surface area contributed by atoms with Crippen molar-refractivity contribution in [1.29, 1.82) is 0 Å². The summed E-state index contributed by atoms with van der Waals surface area (Å²) in [6, 6.07) is 6.25. The largest absolute Gasteiger partial charge is 0.394 e. The third kappa shape index (κ3) is 5.48. The Kier molecular flexibility index (Phi) is 6.70. The van der Waals surface area contributed by atoms with Crippen LogP contribution in [0.25, 0.3) is 0 Å². The summed E-state index contributed by atoms with van der Waals surface area (Å²) in [7, 11) is 0. The predicted octanol–water partition coefficient (Wildman–Crippen LogP) is 0.528. The zero-order valence-corrected chi connectivity index (χ0v) is 10.6. The fourth-order valence-electron chi connectivity index (χ4n) is 1.23. The molecule has 1 aromatic carbocycles. The quantitative estimate of drug-likeness (QED) is 0.678. The molecule has 0 heterocycles. The van der Waals surface area contributed by atoms with Crippen LogP contribution < -0.4 is 5.32 Å². The van der Waals surface area contributed by atoms with Crippen LogP contribution in [0.4, 0.5) is 4.39 Å². The van der Waals surface area contributed by atoms with Crippen molar-refractivity contribution >= 4 is 17.7 Å². The van der Waals surface area contributed by atoms with Crippen LogP contribution in [0.3, 0.4) is 0 Å². The summed E-state index contributed by atoms with van der Waals surface area (Å²) < 4.78 is 13.2. The number of carbonyl (C=O) groups is 1. The van der Waals surface area contributed by atoms with Gasteiger partial charge in [-0.3, -0.25) is 4.79 Å². The lowest BCUT2D eigenvalue weighted by Crippen LogP contribution is -2.26. The molecule has 0 bridgehead atoms. The number of thioether (sulfide) groups is 1. The van der Waals surface area contributed by atoms with Crippen LogP contribution >= 0.6 is 11.8 Å². The van der Waals surface area contributed by atoms with Crippen molar-refractivity contribution in [2.75, 3.05) is 18.1 Å². The van der Waals surface area contributed by atoms with Crippen molar-refractivity contribution in [3.8, 4) is 0 Å². The van der Waals surface area contributed by atoms with Gasteiger partial charge in [-0.15, -0.1) is 11.8 Å². The first kappa shape index (κ1) is 14.9. The van der Waals surface area contributed by atoms with Crippen LogP contribution in [0, 0.1) is 5.82 Å². The zero-order valence-electron chi connectivity index (χ0n) is 9.80. The first-order chi connectivity index (χ1) is 8.63. The van der Waals surface area contributed by atoms with E-state index in [0.717, 1.165) is 0 Å². The van der Waals surface area contributed by atoms with Crippen molar-refractivity contribution in [3.05, 3.63) is 35.6 Å². The Labute approximate surface area is 109 Å². The number of hydrogen-bond donors (Lipinski definition) is 3. The van der Waals surface area contributed by atoms with E-state index in [0.29, 0.717) is 11.3 Å². The monoisotopic (exact) mass is 273 g/mol. The second-order valence-corrected chi connectivity index (χ2v) is 4.75. The van der Waals surface area contributed by atoms with Crippen LogP contribution in [0.15, 0.2) is 24.3 Å². The van der Waals surface area contributed by atoms with E-state index in [1.165, 1.54) is 17.8 Å². The third-order valence-corrected chi connectivity index (χ3v) is 3.27. The first-order valence-electron chi connectivity index (χ1n) is 5.50. The number of aliphatic hydroxyl groups excluding tert-OH is 2. The highest BCUT2D eigenvalue weighted by Gasteiger charge is 2.07. The molecule has 0 saturated carbocycles. The van der Waals surface area contributed by atoms with E-state index < -0.39 is 6.10 Å². The predicted molar refractivity (Wildman–Crippen MR) is 68.7 cm³/mol. The fourth-order valence-corrected chi connectivity index (χ4v) is 2.01. The van der Waals surface area contributed by atoms with Gasteiger partial charge >= 0.3 is 0 Å². The number of nitrogens with one attached hydrogen (secondary N) is 1. The molecule has 100 valence electrons. The molecule has 0 fully saturated rings. The second kappa shape index (κ2) is 8.07. The molecule has 0 aromatic heterocycles. The lowest BCUT2D eigenvalue weighted by atomic mass is 10.2. The molecule has 0 aliphatic rings. The number of rotatable bonds is 7. The minimum Gasteiger partial charge on any atom is -0.394 e. The summed E-state index contributed by atoms with van der Waals surface area (Å²) in [6.07, 6.45) is -0.811. The topological polar surface area (TPSA) is 69.6 Å². The van der Waals surface area contributed by atoms with Gasteiger partial charge in [0, 0.05) is 17.9 Å². The van der Waals surface area contributed by atoms with Gasteiger partial charge in [-0.1, -0.05) is 18.2 Å². The lowest BCUT2D eigenvalue weighted by Gasteiger charge is -2.08. The Morgan fingerprint density at radius 2 is 2.17 bits per heavy atom. The number of halogens is 1. The Morgan fingerprint density at radius 3 is 2.83 bits per heavy atom. The number of benzene rings is 1. The van der Waals surface area contributed by atoms with Crippen LogP contribution in [-0.2, 0) is 11.3 Å². The number of aliphatic hydroxyl groups is 2. The molecule has 18 heavy (non-hydrogen) atoms. The van der Waals surface area contributed by atoms with Crippen LogP contribution in [0.1, 0.15) is 5.56 Å². The number of hydrogen-bond acceptors (Lipinski definition) is 4. The molecule has 1 atom stereocenters. The molecule has 0 spiro atoms. The highest BCUT2D eigenvalue weighted by atomic mass is 32.2. The smallest absolute Gasteiger partial charge is 0.230 e. The molecule has 0 saturated heterocycles. The van der Waals surface area contributed by atoms with E-state index in [-0.39, 0.29) is 30.6 Å². The molecule has 1 aromatic rings. The summed E-state index contributed by atoms with van der Waals surface area (Å²) in [5.41, 5.74) is 0.436. The van der Waals surface area contributed by atoms with Gasteiger partial charge in [-0.05, 0) is 6.07 Å². The Hall–Kier alpha value is -1.11.